The minimum Gasteiger partial charge on any atom is -0.490 e. The molecule has 0 saturated heterocycles. The van der Waals surface area contributed by atoms with Crippen molar-refractivity contribution < 1.29 is 19.4 Å². The maximum atomic E-state index is 12.2. The number of benzene rings is 2. The second-order valence-corrected chi connectivity index (χ2v) is 6.24. The molecule has 1 aliphatic rings. The van der Waals surface area contributed by atoms with E-state index >= 15 is 0 Å². The maximum absolute atomic E-state index is 12.2. The summed E-state index contributed by atoms with van der Waals surface area (Å²) in [6.07, 6.45) is 4.95. The highest BCUT2D eigenvalue weighted by atomic mass is 16.5. The zero-order valence-electron chi connectivity index (χ0n) is 13.9. The lowest BCUT2D eigenvalue weighted by atomic mass is 10.0. The Labute approximate surface area is 146 Å². The summed E-state index contributed by atoms with van der Waals surface area (Å²) in [5.41, 5.74) is 1.31. The van der Waals surface area contributed by atoms with Crippen molar-refractivity contribution in [3.63, 3.8) is 0 Å². The second-order valence-electron chi connectivity index (χ2n) is 6.24. The summed E-state index contributed by atoms with van der Waals surface area (Å²) >= 11 is 0. The number of carbonyl (C=O) groups is 2. The van der Waals surface area contributed by atoms with Crippen LogP contribution in [0.2, 0.25) is 0 Å². The molecule has 0 heterocycles. The Morgan fingerprint density at radius 3 is 2.40 bits per heavy atom. The van der Waals surface area contributed by atoms with Crippen LogP contribution in [-0.4, -0.2) is 23.1 Å². The fourth-order valence-corrected chi connectivity index (χ4v) is 3.08. The Bertz CT molecular complexity index is 749. The summed E-state index contributed by atoms with van der Waals surface area (Å²) in [7, 11) is 0. The molecule has 5 heteroatoms. The van der Waals surface area contributed by atoms with E-state index in [1.165, 1.54) is 18.9 Å². The molecule has 0 aliphatic heterocycles. The predicted octanol–water partition coefficient (Wildman–Crippen LogP) is 3.89. The van der Waals surface area contributed by atoms with Gasteiger partial charge in [0.05, 0.1) is 18.1 Å². The number of aromatic carboxylic acids is 1. The molecule has 1 aliphatic carbocycles. The number of rotatable bonds is 6. The summed E-state index contributed by atoms with van der Waals surface area (Å²) in [4.78, 5) is 23.4. The van der Waals surface area contributed by atoms with E-state index in [1.54, 1.807) is 30.3 Å². The molecule has 2 aromatic carbocycles. The quantitative estimate of drug-likeness (QED) is 0.837. The van der Waals surface area contributed by atoms with Crippen LogP contribution in [0.5, 0.6) is 5.75 Å². The summed E-state index contributed by atoms with van der Waals surface area (Å²) in [5.74, 6) is -0.476. The molecular formula is C20H21NO4. The Morgan fingerprint density at radius 1 is 1.04 bits per heavy atom. The lowest BCUT2D eigenvalue weighted by molar-refractivity contribution is -0.115. The first-order chi connectivity index (χ1) is 12.1. The standard InChI is InChI=1S/C20H21NO4/c22-19(13-14-5-1-4-8-18(14)20(23)24)21-15-9-11-17(12-10-15)25-16-6-2-3-7-16/h1,4-5,8-12,16H,2-3,6-7,13H2,(H,21,22)(H,23,24). The molecule has 1 fully saturated rings. The molecule has 3 rings (SSSR count). The molecule has 5 nitrogen and oxygen atoms in total. The summed E-state index contributed by atoms with van der Waals surface area (Å²) < 4.78 is 5.90. The lowest BCUT2D eigenvalue weighted by Crippen LogP contribution is -2.16. The summed E-state index contributed by atoms with van der Waals surface area (Å²) in [6, 6.07) is 13.8. The summed E-state index contributed by atoms with van der Waals surface area (Å²) in [6.45, 7) is 0. The fraction of sp³-hybridized carbons (Fsp3) is 0.300. The van der Waals surface area contributed by atoms with E-state index in [0.717, 1.165) is 18.6 Å². The molecule has 25 heavy (non-hydrogen) atoms. The second kappa shape index (κ2) is 7.83. The first-order valence-corrected chi connectivity index (χ1v) is 8.49. The highest BCUT2D eigenvalue weighted by molar-refractivity contribution is 5.96. The van der Waals surface area contributed by atoms with Gasteiger partial charge in [0.15, 0.2) is 0 Å². The molecule has 0 bridgehead atoms. The molecule has 1 amide bonds. The van der Waals surface area contributed by atoms with Crippen molar-refractivity contribution in [3.8, 4) is 5.75 Å². The smallest absolute Gasteiger partial charge is 0.335 e. The number of hydrogen-bond acceptors (Lipinski definition) is 3. The van der Waals surface area contributed by atoms with Crippen molar-refractivity contribution in [3.05, 3.63) is 59.7 Å². The third kappa shape index (κ3) is 4.59. The Balaban J connectivity index is 1.58. The van der Waals surface area contributed by atoms with Crippen molar-refractivity contribution >= 4 is 17.6 Å². The fourth-order valence-electron chi connectivity index (χ4n) is 3.08. The van der Waals surface area contributed by atoms with Crippen LogP contribution in [0.15, 0.2) is 48.5 Å². The van der Waals surface area contributed by atoms with Gasteiger partial charge in [-0.3, -0.25) is 4.79 Å². The van der Waals surface area contributed by atoms with Crippen molar-refractivity contribution in [1.29, 1.82) is 0 Å². The average molecular weight is 339 g/mol. The van der Waals surface area contributed by atoms with Gasteiger partial charge in [0.25, 0.3) is 0 Å². The SMILES string of the molecule is O=C(Cc1ccccc1C(=O)O)Nc1ccc(OC2CCCC2)cc1. The van der Waals surface area contributed by atoms with Gasteiger partial charge in [0.2, 0.25) is 5.91 Å². The van der Waals surface area contributed by atoms with Crippen LogP contribution in [0, 0.1) is 0 Å². The van der Waals surface area contributed by atoms with Crippen molar-refractivity contribution in [2.45, 2.75) is 38.2 Å². The van der Waals surface area contributed by atoms with Crippen molar-refractivity contribution in [2.24, 2.45) is 0 Å². The van der Waals surface area contributed by atoms with Gasteiger partial charge in [0, 0.05) is 5.69 Å². The lowest BCUT2D eigenvalue weighted by Gasteiger charge is -2.13. The van der Waals surface area contributed by atoms with Crippen LogP contribution in [0.3, 0.4) is 0 Å². The van der Waals surface area contributed by atoms with Gasteiger partial charge in [-0.1, -0.05) is 18.2 Å². The monoisotopic (exact) mass is 339 g/mol. The third-order valence-electron chi connectivity index (χ3n) is 4.34. The van der Waals surface area contributed by atoms with Crippen LogP contribution in [0.4, 0.5) is 5.69 Å². The van der Waals surface area contributed by atoms with Gasteiger partial charge in [-0.15, -0.1) is 0 Å². The minimum absolute atomic E-state index is 0.0167. The Morgan fingerprint density at radius 2 is 1.72 bits per heavy atom. The normalized spacial score (nSPS) is 14.2. The average Bonchev–Trinajstić information content (AvgIpc) is 3.10. The number of carboxylic acids is 1. The van der Waals surface area contributed by atoms with Gasteiger partial charge >= 0.3 is 5.97 Å². The van der Waals surface area contributed by atoms with Crippen LogP contribution >= 0.6 is 0 Å². The number of carboxylic acid groups (broad SMARTS) is 1. The molecule has 2 N–H and O–H groups in total. The number of amides is 1. The highest BCUT2D eigenvalue weighted by Gasteiger charge is 2.16. The molecule has 0 unspecified atom stereocenters. The van der Waals surface area contributed by atoms with E-state index in [2.05, 4.69) is 5.32 Å². The molecule has 0 aromatic heterocycles. The first kappa shape index (κ1) is 17.0. The van der Waals surface area contributed by atoms with E-state index in [-0.39, 0.29) is 17.9 Å². The molecule has 0 radical (unpaired) electrons. The zero-order chi connectivity index (χ0) is 17.6. The number of anilines is 1. The number of nitrogens with one attached hydrogen (secondary N) is 1. The first-order valence-electron chi connectivity index (χ1n) is 8.49. The maximum Gasteiger partial charge on any atom is 0.335 e. The predicted molar refractivity (Wildman–Crippen MR) is 95.1 cm³/mol. The van der Waals surface area contributed by atoms with Crippen LogP contribution < -0.4 is 10.1 Å². The van der Waals surface area contributed by atoms with Crippen molar-refractivity contribution in [2.75, 3.05) is 5.32 Å². The topological polar surface area (TPSA) is 75.6 Å². The van der Waals surface area contributed by atoms with E-state index in [1.807, 2.05) is 12.1 Å². The van der Waals surface area contributed by atoms with Gasteiger partial charge in [-0.25, -0.2) is 4.79 Å². The van der Waals surface area contributed by atoms with Crippen LogP contribution in [0.1, 0.15) is 41.6 Å². The minimum atomic E-state index is -1.03. The van der Waals surface area contributed by atoms with Gasteiger partial charge in [0.1, 0.15) is 5.75 Å². The highest BCUT2D eigenvalue weighted by Crippen LogP contribution is 2.25. The Hall–Kier alpha value is -2.82. The molecule has 1 saturated carbocycles. The summed E-state index contributed by atoms with van der Waals surface area (Å²) in [5, 5.41) is 12.0. The number of carbonyl (C=O) groups excluding carboxylic acids is 1. The van der Waals surface area contributed by atoms with Gasteiger partial charge in [-0.2, -0.15) is 0 Å². The number of hydrogen-bond donors (Lipinski definition) is 2. The molecule has 0 spiro atoms. The van der Waals surface area contributed by atoms with E-state index in [0.29, 0.717) is 17.4 Å². The molecular weight excluding hydrogens is 318 g/mol. The van der Waals surface area contributed by atoms with Crippen molar-refractivity contribution in [1.82, 2.24) is 0 Å². The number of ether oxygens (including phenoxy) is 1. The molecule has 2 aromatic rings. The molecule has 130 valence electrons. The third-order valence-corrected chi connectivity index (χ3v) is 4.34. The largest absolute Gasteiger partial charge is 0.490 e. The van der Waals surface area contributed by atoms with Crippen LogP contribution in [0.25, 0.3) is 0 Å². The van der Waals surface area contributed by atoms with Crippen LogP contribution in [-0.2, 0) is 11.2 Å². The van der Waals surface area contributed by atoms with E-state index in [4.69, 9.17) is 4.74 Å². The van der Waals surface area contributed by atoms with Gasteiger partial charge in [-0.05, 0) is 61.6 Å². The Kier molecular flexibility index (Phi) is 5.33. The zero-order valence-corrected chi connectivity index (χ0v) is 13.9. The van der Waals surface area contributed by atoms with E-state index < -0.39 is 5.97 Å². The molecule has 0 atom stereocenters. The van der Waals surface area contributed by atoms with Gasteiger partial charge < -0.3 is 15.2 Å². The van der Waals surface area contributed by atoms with E-state index in [9.17, 15) is 14.7 Å².